The van der Waals surface area contributed by atoms with Crippen LogP contribution in [0.4, 0.5) is 0 Å². The number of ether oxygens (including phenoxy) is 1. The number of hydrogen-bond acceptors (Lipinski definition) is 4. The third-order valence-electron chi connectivity index (χ3n) is 3.93. The van der Waals surface area contributed by atoms with Crippen LogP contribution in [0.25, 0.3) is 0 Å². The van der Waals surface area contributed by atoms with Crippen LogP contribution < -0.4 is 10.1 Å². The lowest BCUT2D eigenvalue weighted by atomic mass is 9.99. The third kappa shape index (κ3) is 3.28. The zero-order valence-corrected chi connectivity index (χ0v) is 13.0. The van der Waals surface area contributed by atoms with Crippen molar-refractivity contribution in [2.24, 2.45) is 0 Å². The third-order valence-corrected chi connectivity index (χ3v) is 5.06. The van der Waals surface area contributed by atoms with Crippen LogP contribution >= 0.6 is 11.3 Å². The van der Waals surface area contributed by atoms with Gasteiger partial charge < -0.3 is 15.2 Å². The summed E-state index contributed by atoms with van der Waals surface area (Å²) in [5.41, 5.74) is 0.355. The average Bonchev–Trinajstić information content (AvgIpc) is 2.95. The van der Waals surface area contributed by atoms with E-state index in [1.807, 2.05) is 42.6 Å². The number of aliphatic hydroxyl groups is 1. The van der Waals surface area contributed by atoms with Crippen molar-refractivity contribution in [3.8, 4) is 5.75 Å². The largest absolute Gasteiger partial charge is 0.493 e. The van der Waals surface area contributed by atoms with Crippen molar-refractivity contribution in [1.29, 1.82) is 0 Å². The Labute approximate surface area is 129 Å². The molecule has 2 atom stereocenters. The Hall–Kier alpha value is -1.36. The highest BCUT2D eigenvalue weighted by molar-refractivity contribution is 7.10. The molecule has 0 aliphatic carbocycles. The van der Waals surface area contributed by atoms with Crippen LogP contribution in [0.3, 0.4) is 0 Å². The maximum Gasteiger partial charge on any atom is 0.124 e. The molecule has 2 N–H and O–H groups in total. The molecule has 0 saturated heterocycles. The van der Waals surface area contributed by atoms with E-state index in [0.29, 0.717) is 6.54 Å². The lowest BCUT2D eigenvalue weighted by Crippen LogP contribution is -2.36. The molecule has 0 amide bonds. The molecule has 2 heterocycles. The molecule has 2 aromatic rings. The van der Waals surface area contributed by atoms with E-state index in [4.69, 9.17) is 4.74 Å². The van der Waals surface area contributed by atoms with E-state index in [2.05, 4.69) is 11.4 Å². The first-order chi connectivity index (χ1) is 10.2. The molecule has 0 radical (unpaired) electrons. The SMILES string of the molecule is CC(O)(CNC1CCCOc2ccccc21)c1cccs1. The van der Waals surface area contributed by atoms with Gasteiger partial charge in [0.1, 0.15) is 11.4 Å². The summed E-state index contributed by atoms with van der Waals surface area (Å²) in [6.45, 7) is 3.16. The zero-order chi connectivity index (χ0) is 14.7. The number of fused-ring (bicyclic) bond motifs is 1. The first-order valence-corrected chi connectivity index (χ1v) is 8.26. The van der Waals surface area contributed by atoms with Crippen molar-refractivity contribution in [3.05, 3.63) is 52.2 Å². The molecule has 0 spiro atoms. The molecule has 0 fully saturated rings. The summed E-state index contributed by atoms with van der Waals surface area (Å²) in [7, 11) is 0. The minimum Gasteiger partial charge on any atom is -0.493 e. The Bertz CT molecular complexity index is 580. The second kappa shape index (κ2) is 6.18. The van der Waals surface area contributed by atoms with Crippen molar-refractivity contribution < 1.29 is 9.84 Å². The Morgan fingerprint density at radius 3 is 3.00 bits per heavy atom. The van der Waals surface area contributed by atoms with Gasteiger partial charge in [-0.25, -0.2) is 0 Å². The molecule has 112 valence electrons. The molecule has 1 aliphatic heterocycles. The number of rotatable bonds is 4. The van der Waals surface area contributed by atoms with Crippen LogP contribution in [-0.4, -0.2) is 18.3 Å². The summed E-state index contributed by atoms with van der Waals surface area (Å²) in [5, 5.41) is 16.2. The Morgan fingerprint density at radius 1 is 1.33 bits per heavy atom. The van der Waals surface area contributed by atoms with E-state index in [1.54, 1.807) is 11.3 Å². The van der Waals surface area contributed by atoms with Gasteiger partial charge in [0.15, 0.2) is 0 Å². The van der Waals surface area contributed by atoms with Gasteiger partial charge in [0.2, 0.25) is 0 Å². The van der Waals surface area contributed by atoms with Crippen molar-refractivity contribution in [3.63, 3.8) is 0 Å². The van der Waals surface area contributed by atoms with Crippen LogP contribution in [0.5, 0.6) is 5.75 Å². The number of benzene rings is 1. The topological polar surface area (TPSA) is 41.5 Å². The molecule has 1 aliphatic rings. The lowest BCUT2D eigenvalue weighted by Gasteiger charge is -2.26. The summed E-state index contributed by atoms with van der Waals surface area (Å²) in [6.07, 6.45) is 2.05. The number of hydrogen-bond donors (Lipinski definition) is 2. The molecule has 21 heavy (non-hydrogen) atoms. The molecule has 0 saturated carbocycles. The van der Waals surface area contributed by atoms with Crippen LogP contribution in [0, 0.1) is 0 Å². The number of nitrogens with one attached hydrogen (secondary N) is 1. The van der Waals surface area contributed by atoms with Gasteiger partial charge in [-0.05, 0) is 37.3 Å². The summed E-state index contributed by atoms with van der Waals surface area (Å²) >= 11 is 1.59. The molecule has 2 unspecified atom stereocenters. The first-order valence-electron chi connectivity index (χ1n) is 7.38. The van der Waals surface area contributed by atoms with E-state index in [0.717, 1.165) is 30.1 Å². The Balaban J connectivity index is 1.73. The van der Waals surface area contributed by atoms with Crippen molar-refractivity contribution in [1.82, 2.24) is 5.32 Å². The van der Waals surface area contributed by atoms with Crippen LogP contribution in [0.15, 0.2) is 41.8 Å². The van der Waals surface area contributed by atoms with E-state index in [-0.39, 0.29) is 6.04 Å². The fourth-order valence-corrected chi connectivity index (χ4v) is 3.52. The van der Waals surface area contributed by atoms with Gasteiger partial charge in [0.05, 0.1) is 6.61 Å². The molecule has 1 aromatic heterocycles. The summed E-state index contributed by atoms with van der Waals surface area (Å²) in [4.78, 5) is 0.994. The molecule has 1 aromatic carbocycles. The van der Waals surface area contributed by atoms with Crippen molar-refractivity contribution >= 4 is 11.3 Å². The molecular formula is C17H21NO2S. The minimum absolute atomic E-state index is 0.232. The molecule has 4 heteroatoms. The summed E-state index contributed by atoms with van der Waals surface area (Å²) in [5.74, 6) is 0.961. The Kier molecular flexibility index (Phi) is 4.29. The van der Waals surface area contributed by atoms with Crippen LogP contribution in [0.1, 0.15) is 36.2 Å². The zero-order valence-electron chi connectivity index (χ0n) is 12.2. The highest BCUT2D eigenvalue weighted by Gasteiger charge is 2.27. The van der Waals surface area contributed by atoms with Crippen molar-refractivity contribution in [2.75, 3.05) is 13.2 Å². The predicted octanol–water partition coefficient (Wildman–Crippen LogP) is 3.46. The lowest BCUT2D eigenvalue weighted by molar-refractivity contribution is 0.0571. The molecule has 3 nitrogen and oxygen atoms in total. The van der Waals surface area contributed by atoms with E-state index in [1.165, 1.54) is 5.56 Å². The van der Waals surface area contributed by atoms with Crippen LogP contribution in [-0.2, 0) is 5.60 Å². The normalized spacial score (nSPS) is 21.0. The summed E-state index contributed by atoms with van der Waals surface area (Å²) < 4.78 is 5.78. The van der Waals surface area contributed by atoms with Gasteiger partial charge in [-0.15, -0.1) is 11.3 Å². The second-order valence-corrected chi connectivity index (χ2v) is 6.66. The number of para-hydroxylation sites is 1. The number of thiophene rings is 1. The van der Waals surface area contributed by atoms with Crippen LogP contribution in [0.2, 0.25) is 0 Å². The Morgan fingerprint density at radius 2 is 2.19 bits per heavy atom. The van der Waals surface area contributed by atoms with Gasteiger partial charge in [-0.3, -0.25) is 0 Å². The maximum atomic E-state index is 10.6. The fraction of sp³-hybridized carbons (Fsp3) is 0.412. The molecular weight excluding hydrogens is 282 g/mol. The van der Waals surface area contributed by atoms with Gasteiger partial charge in [0, 0.05) is 23.0 Å². The van der Waals surface area contributed by atoms with Crippen molar-refractivity contribution in [2.45, 2.75) is 31.4 Å². The van der Waals surface area contributed by atoms with Gasteiger partial charge in [-0.1, -0.05) is 24.3 Å². The van der Waals surface area contributed by atoms with E-state index >= 15 is 0 Å². The quantitative estimate of drug-likeness (QED) is 0.909. The highest BCUT2D eigenvalue weighted by Crippen LogP contribution is 2.32. The maximum absolute atomic E-state index is 10.6. The fourth-order valence-electron chi connectivity index (χ4n) is 2.73. The standard InChI is InChI=1S/C17H21NO2S/c1-17(19,16-9-5-11-21-16)12-18-14-7-4-10-20-15-8-3-2-6-13(14)15/h2-3,5-6,8-9,11,14,18-19H,4,7,10,12H2,1H3. The molecule has 3 rings (SSSR count). The molecule has 0 bridgehead atoms. The monoisotopic (exact) mass is 303 g/mol. The van der Waals surface area contributed by atoms with Gasteiger partial charge in [0.25, 0.3) is 0 Å². The average molecular weight is 303 g/mol. The van der Waals surface area contributed by atoms with Gasteiger partial charge in [-0.2, -0.15) is 0 Å². The summed E-state index contributed by atoms with van der Waals surface area (Å²) in [6, 6.07) is 12.4. The van der Waals surface area contributed by atoms with Gasteiger partial charge >= 0.3 is 0 Å². The second-order valence-electron chi connectivity index (χ2n) is 5.71. The highest BCUT2D eigenvalue weighted by atomic mass is 32.1. The van der Waals surface area contributed by atoms with E-state index < -0.39 is 5.60 Å². The smallest absolute Gasteiger partial charge is 0.124 e. The first kappa shape index (κ1) is 14.6. The predicted molar refractivity (Wildman–Crippen MR) is 85.8 cm³/mol. The van der Waals surface area contributed by atoms with E-state index in [9.17, 15) is 5.11 Å². The minimum atomic E-state index is -0.837.